The van der Waals surface area contributed by atoms with E-state index in [0.717, 1.165) is 0 Å². The third kappa shape index (κ3) is 4.03. The number of H-pyrrole nitrogens is 1. The van der Waals surface area contributed by atoms with Crippen LogP contribution in [0.5, 0.6) is 0 Å². The molecule has 1 heterocycles. The number of amides is 2. The van der Waals surface area contributed by atoms with Crippen molar-refractivity contribution in [2.24, 2.45) is 0 Å². The van der Waals surface area contributed by atoms with Crippen LogP contribution in [0.2, 0.25) is 5.02 Å². The number of rotatable bonds is 4. The van der Waals surface area contributed by atoms with E-state index in [4.69, 9.17) is 11.6 Å². The molecule has 0 spiro atoms. The van der Waals surface area contributed by atoms with E-state index in [9.17, 15) is 9.59 Å². The molecule has 1 aromatic rings. The predicted molar refractivity (Wildman–Crippen MR) is 56.8 cm³/mol. The number of carbonyl (C=O) groups is 2. The third-order valence-electron chi connectivity index (χ3n) is 1.68. The summed E-state index contributed by atoms with van der Waals surface area (Å²) in [6.07, 6.45) is 1.53. The predicted octanol–water partition coefficient (Wildman–Crippen LogP) is 0.534. The normalized spacial score (nSPS) is 9.73. The first kappa shape index (κ1) is 11.6. The van der Waals surface area contributed by atoms with Crippen LogP contribution < -0.4 is 10.6 Å². The van der Waals surface area contributed by atoms with Crippen molar-refractivity contribution in [1.29, 1.82) is 0 Å². The lowest BCUT2D eigenvalue weighted by Gasteiger charge is -2.03. The van der Waals surface area contributed by atoms with Crippen molar-refractivity contribution in [3.8, 4) is 0 Å². The van der Waals surface area contributed by atoms with Crippen molar-refractivity contribution in [3.05, 3.63) is 23.0 Å². The quantitative estimate of drug-likeness (QED) is 0.659. The Morgan fingerprint density at radius 2 is 2.07 bits per heavy atom. The zero-order valence-electron chi connectivity index (χ0n) is 8.26. The summed E-state index contributed by atoms with van der Waals surface area (Å²) >= 11 is 5.64. The van der Waals surface area contributed by atoms with E-state index >= 15 is 0 Å². The summed E-state index contributed by atoms with van der Waals surface area (Å²) < 4.78 is 0. The highest BCUT2D eigenvalue weighted by molar-refractivity contribution is 6.30. The summed E-state index contributed by atoms with van der Waals surface area (Å²) in [6.45, 7) is 2.22. The minimum Gasteiger partial charge on any atom is -0.356 e. The number of aromatic amines is 1. The lowest BCUT2D eigenvalue weighted by atomic mass is 10.4. The monoisotopic (exact) mass is 229 g/mol. The Bertz CT molecular complexity index is 362. The maximum atomic E-state index is 11.4. The molecule has 1 rings (SSSR count). The van der Waals surface area contributed by atoms with Gasteiger partial charge in [-0.25, -0.2) is 0 Å². The highest BCUT2D eigenvalue weighted by atomic mass is 35.5. The van der Waals surface area contributed by atoms with Crippen molar-refractivity contribution < 1.29 is 9.59 Å². The summed E-state index contributed by atoms with van der Waals surface area (Å²) in [7, 11) is 0. The number of hydrogen-bond donors (Lipinski definition) is 3. The molecular weight excluding hydrogens is 218 g/mol. The van der Waals surface area contributed by atoms with Gasteiger partial charge in [-0.2, -0.15) is 0 Å². The molecule has 0 unspecified atom stereocenters. The van der Waals surface area contributed by atoms with Gasteiger partial charge in [0.25, 0.3) is 5.91 Å². The number of aromatic nitrogens is 1. The average Bonchev–Trinajstić information content (AvgIpc) is 2.59. The van der Waals surface area contributed by atoms with E-state index in [1.54, 1.807) is 0 Å². The SMILES string of the molecule is CC(=O)NCCNC(=O)c1cc(Cl)c[nH]1. The van der Waals surface area contributed by atoms with Crippen LogP contribution in [0.15, 0.2) is 12.3 Å². The van der Waals surface area contributed by atoms with Gasteiger partial charge in [0.05, 0.1) is 5.02 Å². The molecule has 0 saturated heterocycles. The van der Waals surface area contributed by atoms with E-state index in [1.165, 1.54) is 19.2 Å². The Labute approximate surface area is 92.2 Å². The topological polar surface area (TPSA) is 74.0 Å². The molecule has 0 aliphatic carbocycles. The summed E-state index contributed by atoms with van der Waals surface area (Å²) in [5.74, 6) is -0.362. The number of halogens is 1. The Morgan fingerprint density at radius 1 is 1.40 bits per heavy atom. The fraction of sp³-hybridized carbons (Fsp3) is 0.333. The Hall–Kier alpha value is -1.49. The number of nitrogens with one attached hydrogen (secondary N) is 3. The summed E-state index contributed by atoms with van der Waals surface area (Å²) in [5.41, 5.74) is 0.405. The smallest absolute Gasteiger partial charge is 0.267 e. The molecule has 0 aromatic carbocycles. The molecule has 0 aliphatic rings. The molecule has 15 heavy (non-hydrogen) atoms. The van der Waals surface area contributed by atoms with Crippen LogP contribution in [0.4, 0.5) is 0 Å². The second-order valence-electron chi connectivity index (χ2n) is 2.97. The lowest BCUT2D eigenvalue weighted by molar-refractivity contribution is -0.118. The molecule has 0 aliphatic heterocycles. The fourth-order valence-corrected chi connectivity index (χ4v) is 1.17. The largest absolute Gasteiger partial charge is 0.356 e. The van der Waals surface area contributed by atoms with Gasteiger partial charge in [-0.3, -0.25) is 9.59 Å². The van der Waals surface area contributed by atoms with Crippen LogP contribution in [-0.2, 0) is 4.79 Å². The zero-order valence-corrected chi connectivity index (χ0v) is 9.02. The number of carbonyl (C=O) groups excluding carboxylic acids is 2. The minimum atomic E-state index is -0.243. The minimum absolute atomic E-state index is 0.118. The Morgan fingerprint density at radius 3 is 2.60 bits per heavy atom. The first-order valence-corrected chi connectivity index (χ1v) is 4.84. The third-order valence-corrected chi connectivity index (χ3v) is 1.90. The van der Waals surface area contributed by atoms with E-state index in [1.807, 2.05) is 0 Å². The summed E-state index contributed by atoms with van der Waals surface area (Å²) in [4.78, 5) is 24.6. The molecule has 5 nitrogen and oxygen atoms in total. The highest BCUT2D eigenvalue weighted by Crippen LogP contribution is 2.08. The van der Waals surface area contributed by atoms with Crippen LogP contribution in [-0.4, -0.2) is 29.9 Å². The molecule has 0 radical (unpaired) electrons. The van der Waals surface area contributed by atoms with E-state index < -0.39 is 0 Å². The van der Waals surface area contributed by atoms with Crippen LogP contribution in [0.25, 0.3) is 0 Å². The molecule has 2 amide bonds. The van der Waals surface area contributed by atoms with E-state index in [2.05, 4.69) is 15.6 Å². The molecule has 6 heteroatoms. The summed E-state index contributed by atoms with van der Waals surface area (Å²) in [6, 6.07) is 1.54. The standard InChI is InChI=1S/C9H12ClN3O2/c1-6(14)11-2-3-12-9(15)8-4-7(10)5-13-8/h4-5,13H,2-3H2,1H3,(H,11,14)(H,12,15). The first-order chi connectivity index (χ1) is 7.09. The average molecular weight is 230 g/mol. The van der Waals surface area contributed by atoms with E-state index in [0.29, 0.717) is 23.8 Å². The van der Waals surface area contributed by atoms with Gasteiger partial charge in [0.15, 0.2) is 0 Å². The van der Waals surface area contributed by atoms with Crippen LogP contribution in [0.1, 0.15) is 17.4 Å². The van der Waals surface area contributed by atoms with Crippen molar-refractivity contribution in [2.45, 2.75) is 6.92 Å². The molecular formula is C9H12ClN3O2. The highest BCUT2D eigenvalue weighted by Gasteiger charge is 2.06. The van der Waals surface area contributed by atoms with Gasteiger partial charge >= 0.3 is 0 Å². The Balaban J connectivity index is 2.28. The lowest BCUT2D eigenvalue weighted by Crippen LogP contribution is -2.33. The number of hydrogen-bond acceptors (Lipinski definition) is 2. The molecule has 0 saturated carbocycles. The molecule has 0 bridgehead atoms. The molecule has 3 N–H and O–H groups in total. The van der Waals surface area contributed by atoms with Crippen LogP contribution in [0.3, 0.4) is 0 Å². The van der Waals surface area contributed by atoms with Crippen molar-refractivity contribution in [1.82, 2.24) is 15.6 Å². The van der Waals surface area contributed by atoms with Crippen LogP contribution >= 0.6 is 11.6 Å². The van der Waals surface area contributed by atoms with E-state index in [-0.39, 0.29) is 11.8 Å². The van der Waals surface area contributed by atoms with Gasteiger partial charge in [0.1, 0.15) is 5.69 Å². The molecule has 82 valence electrons. The van der Waals surface area contributed by atoms with Crippen LogP contribution in [0, 0.1) is 0 Å². The second-order valence-corrected chi connectivity index (χ2v) is 3.41. The van der Waals surface area contributed by atoms with Gasteiger partial charge in [0, 0.05) is 26.2 Å². The van der Waals surface area contributed by atoms with Crippen molar-refractivity contribution in [3.63, 3.8) is 0 Å². The van der Waals surface area contributed by atoms with Gasteiger partial charge in [-0.05, 0) is 6.07 Å². The molecule has 0 atom stereocenters. The zero-order chi connectivity index (χ0) is 11.3. The molecule has 1 aromatic heterocycles. The van der Waals surface area contributed by atoms with Gasteiger partial charge in [-0.1, -0.05) is 11.6 Å². The van der Waals surface area contributed by atoms with Gasteiger partial charge < -0.3 is 15.6 Å². The van der Waals surface area contributed by atoms with Crippen molar-refractivity contribution in [2.75, 3.05) is 13.1 Å². The maximum absolute atomic E-state index is 11.4. The summed E-state index contributed by atoms with van der Waals surface area (Å²) in [5, 5.41) is 5.68. The second kappa shape index (κ2) is 5.41. The van der Waals surface area contributed by atoms with Gasteiger partial charge in [-0.15, -0.1) is 0 Å². The molecule has 0 fully saturated rings. The first-order valence-electron chi connectivity index (χ1n) is 4.46. The Kier molecular flexibility index (Phi) is 4.17. The van der Waals surface area contributed by atoms with Gasteiger partial charge in [0.2, 0.25) is 5.91 Å². The fourth-order valence-electron chi connectivity index (χ4n) is 1.01. The van der Waals surface area contributed by atoms with Crippen molar-refractivity contribution >= 4 is 23.4 Å². The maximum Gasteiger partial charge on any atom is 0.267 e.